The lowest BCUT2D eigenvalue weighted by atomic mass is 10.1. The lowest BCUT2D eigenvalue weighted by Crippen LogP contribution is -2.40. The maximum atomic E-state index is 11.0. The summed E-state index contributed by atoms with van der Waals surface area (Å²) in [6.07, 6.45) is 0.679. The molecule has 0 radical (unpaired) electrons. The van der Waals surface area contributed by atoms with Gasteiger partial charge in [-0.25, -0.2) is 0 Å². The number of rotatable bonds is 5. The fraction of sp³-hybridized carbons (Fsp3) is 0.600. The van der Waals surface area contributed by atoms with E-state index in [2.05, 4.69) is 10.5 Å². The van der Waals surface area contributed by atoms with Gasteiger partial charge in [0.05, 0.1) is 11.7 Å². The van der Waals surface area contributed by atoms with E-state index in [1.165, 1.54) is 0 Å². The highest BCUT2D eigenvalue weighted by Gasteiger charge is 2.14. The maximum absolute atomic E-state index is 11.0. The third-order valence-electron chi connectivity index (χ3n) is 2.46. The molecule has 0 fully saturated rings. The van der Waals surface area contributed by atoms with Gasteiger partial charge in [-0.2, -0.15) is 0 Å². The Morgan fingerprint density at radius 1 is 1.60 bits per heavy atom. The lowest BCUT2D eigenvalue weighted by molar-refractivity contribution is -0.120. The fourth-order valence-electron chi connectivity index (χ4n) is 1.43. The van der Waals surface area contributed by atoms with Crippen LogP contribution in [0.15, 0.2) is 4.52 Å². The number of aryl methyl sites for hydroxylation is 2. The van der Waals surface area contributed by atoms with Crippen LogP contribution in [-0.4, -0.2) is 17.1 Å². The fourth-order valence-corrected chi connectivity index (χ4v) is 1.43. The minimum absolute atomic E-state index is 0.293. The summed E-state index contributed by atoms with van der Waals surface area (Å²) in [7, 11) is 0. The number of aromatic nitrogens is 1. The Morgan fingerprint density at radius 2 is 2.27 bits per heavy atom. The first-order valence-electron chi connectivity index (χ1n) is 5.00. The van der Waals surface area contributed by atoms with E-state index >= 15 is 0 Å². The molecule has 1 aromatic rings. The molecule has 0 saturated carbocycles. The van der Waals surface area contributed by atoms with Crippen LogP contribution in [-0.2, 0) is 11.3 Å². The van der Waals surface area contributed by atoms with Crippen molar-refractivity contribution >= 4 is 5.91 Å². The summed E-state index contributed by atoms with van der Waals surface area (Å²) in [5.74, 6) is 0.448. The first-order chi connectivity index (χ1) is 7.06. The standard InChI is InChI=1S/C10H17N3O2/c1-4-9(10(11)14)12-5-8-6(2)13-15-7(8)3/h9,12H,4-5H2,1-3H3,(H2,11,14). The highest BCUT2D eigenvalue weighted by Crippen LogP contribution is 2.11. The molecule has 0 spiro atoms. The molecule has 1 atom stereocenters. The molecule has 0 saturated heterocycles. The van der Waals surface area contributed by atoms with Crippen molar-refractivity contribution in [3.8, 4) is 0 Å². The monoisotopic (exact) mass is 211 g/mol. The van der Waals surface area contributed by atoms with Gasteiger partial charge >= 0.3 is 0 Å². The summed E-state index contributed by atoms with van der Waals surface area (Å²) >= 11 is 0. The molecule has 1 aromatic heterocycles. The number of hydrogen-bond acceptors (Lipinski definition) is 4. The molecule has 0 aliphatic heterocycles. The number of hydrogen-bond donors (Lipinski definition) is 2. The lowest BCUT2D eigenvalue weighted by Gasteiger charge is -2.12. The number of nitrogens with zero attached hydrogens (tertiary/aromatic N) is 1. The SMILES string of the molecule is CCC(NCc1c(C)noc1C)C(N)=O. The highest BCUT2D eigenvalue weighted by atomic mass is 16.5. The second kappa shape index (κ2) is 4.93. The number of carbonyl (C=O) groups is 1. The van der Waals surface area contributed by atoms with Crippen molar-refractivity contribution in [2.45, 2.75) is 39.8 Å². The van der Waals surface area contributed by atoms with Crippen LogP contribution in [0.4, 0.5) is 0 Å². The molecule has 0 aromatic carbocycles. The van der Waals surface area contributed by atoms with Gasteiger partial charge in [0.2, 0.25) is 5.91 Å². The summed E-state index contributed by atoms with van der Waals surface area (Å²) < 4.78 is 5.02. The quantitative estimate of drug-likeness (QED) is 0.749. The zero-order chi connectivity index (χ0) is 11.4. The predicted octanol–water partition coefficient (Wildman–Crippen LogP) is 0.645. The van der Waals surface area contributed by atoms with E-state index in [-0.39, 0.29) is 11.9 Å². The van der Waals surface area contributed by atoms with Crippen molar-refractivity contribution in [3.63, 3.8) is 0 Å². The molecule has 0 aliphatic rings. The number of primary amides is 1. The van der Waals surface area contributed by atoms with E-state index in [0.717, 1.165) is 17.0 Å². The Hall–Kier alpha value is -1.36. The summed E-state index contributed by atoms with van der Waals surface area (Å²) in [6, 6.07) is -0.293. The van der Waals surface area contributed by atoms with Crippen molar-refractivity contribution in [1.29, 1.82) is 0 Å². The van der Waals surface area contributed by atoms with Gasteiger partial charge in [0.25, 0.3) is 0 Å². The molecule has 1 unspecified atom stereocenters. The molecule has 5 nitrogen and oxygen atoms in total. The Balaban J connectivity index is 2.60. The zero-order valence-electron chi connectivity index (χ0n) is 9.33. The van der Waals surface area contributed by atoms with Gasteiger partial charge in [0, 0.05) is 12.1 Å². The van der Waals surface area contributed by atoms with Crippen molar-refractivity contribution in [3.05, 3.63) is 17.0 Å². The van der Waals surface area contributed by atoms with E-state index in [0.29, 0.717) is 13.0 Å². The molecule has 0 bridgehead atoms. The zero-order valence-corrected chi connectivity index (χ0v) is 9.33. The normalized spacial score (nSPS) is 12.7. The van der Waals surface area contributed by atoms with Crippen LogP contribution in [0.25, 0.3) is 0 Å². The molecule has 3 N–H and O–H groups in total. The van der Waals surface area contributed by atoms with Crippen molar-refractivity contribution in [2.75, 3.05) is 0 Å². The minimum Gasteiger partial charge on any atom is -0.368 e. The molecule has 5 heteroatoms. The van der Waals surface area contributed by atoms with Crippen molar-refractivity contribution in [1.82, 2.24) is 10.5 Å². The molecule has 84 valence electrons. The Bertz CT molecular complexity index is 327. The van der Waals surface area contributed by atoms with Gasteiger partial charge in [-0.3, -0.25) is 4.79 Å². The van der Waals surface area contributed by atoms with E-state index in [4.69, 9.17) is 10.3 Å². The van der Waals surface area contributed by atoms with Crippen LogP contribution in [0.1, 0.15) is 30.4 Å². The second-order valence-electron chi connectivity index (χ2n) is 3.55. The number of carbonyl (C=O) groups excluding carboxylic acids is 1. The summed E-state index contributed by atoms with van der Waals surface area (Å²) in [5.41, 5.74) is 7.06. The van der Waals surface area contributed by atoms with E-state index in [9.17, 15) is 4.79 Å². The maximum Gasteiger partial charge on any atom is 0.234 e. The minimum atomic E-state index is -0.329. The van der Waals surface area contributed by atoms with Gasteiger partial charge in [-0.1, -0.05) is 12.1 Å². The van der Waals surface area contributed by atoms with E-state index < -0.39 is 0 Å². The summed E-state index contributed by atoms with van der Waals surface area (Å²) in [5, 5.41) is 6.91. The summed E-state index contributed by atoms with van der Waals surface area (Å²) in [6.45, 7) is 6.19. The Morgan fingerprint density at radius 3 is 2.67 bits per heavy atom. The summed E-state index contributed by atoms with van der Waals surface area (Å²) in [4.78, 5) is 11.0. The molecular formula is C10H17N3O2. The first kappa shape index (κ1) is 11.7. The van der Waals surface area contributed by atoms with Gasteiger partial charge in [0.15, 0.2) is 0 Å². The average molecular weight is 211 g/mol. The van der Waals surface area contributed by atoms with Crippen LogP contribution >= 0.6 is 0 Å². The second-order valence-corrected chi connectivity index (χ2v) is 3.55. The average Bonchev–Trinajstić information content (AvgIpc) is 2.49. The first-order valence-corrected chi connectivity index (χ1v) is 5.00. The van der Waals surface area contributed by atoms with Crippen LogP contribution < -0.4 is 11.1 Å². The molecular weight excluding hydrogens is 194 g/mol. The third kappa shape index (κ3) is 2.79. The van der Waals surface area contributed by atoms with Crippen LogP contribution in [0.5, 0.6) is 0 Å². The predicted molar refractivity (Wildman–Crippen MR) is 56.1 cm³/mol. The highest BCUT2D eigenvalue weighted by molar-refractivity contribution is 5.79. The Kier molecular flexibility index (Phi) is 3.85. The molecule has 1 rings (SSSR count). The Labute approximate surface area is 89.0 Å². The number of amides is 1. The molecule has 1 heterocycles. The van der Waals surface area contributed by atoms with Gasteiger partial charge < -0.3 is 15.6 Å². The van der Waals surface area contributed by atoms with Crippen LogP contribution in [0.2, 0.25) is 0 Å². The topological polar surface area (TPSA) is 81.2 Å². The van der Waals surface area contributed by atoms with Gasteiger partial charge in [-0.05, 0) is 20.3 Å². The number of nitrogens with two attached hydrogens (primary N) is 1. The van der Waals surface area contributed by atoms with Crippen molar-refractivity contribution in [2.24, 2.45) is 5.73 Å². The largest absolute Gasteiger partial charge is 0.368 e. The van der Waals surface area contributed by atoms with Crippen molar-refractivity contribution < 1.29 is 9.32 Å². The van der Waals surface area contributed by atoms with Crippen LogP contribution in [0, 0.1) is 13.8 Å². The van der Waals surface area contributed by atoms with E-state index in [1.807, 2.05) is 20.8 Å². The van der Waals surface area contributed by atoms with Gasteiger partial charge in [0.1, 0.15) is 5.76 Å². The number of nitrogens with one attached hydrogen (secondary N) is 1. The molecule has 1 amide bonds. The van der Waals surface area contributed by atoms with Crippen LogP contribution in [0.3, 0.4) is 0 Å². The molecule has 15 heavy (non-hydrogen) atoms. The smallest absolute Gasteiger partial charge is 0.234 e. The molecule has 0 aliphatic carbocycles. The third-order valence-corrected chi connectivity index (χ3v) is 2.46. The van der Waals surface area contributed by atoms with E-state index in [1.54, 1.807) is 0 Å². The van der Waals surface area contributed by atoms with Gasteiger partial charge in [-0.15, -0.1) is 0 Å².